The highest BCUT2D eigenvalue weighted by Crippen LogP contribution is 2.28. The smallest absolute Gasteiger partial charge is 0.220 e. The van der Waals surface area contributed by atoms with E-state index < -0.39 is 0 Å². The number of amides is 1. The van der Waals surface area contributed by atoms with Crippen LogP contribution < -0.4 is 5.32 Å². The SMILES string of the molecule is COC1CCC(CC(=O)NC2CCCCC2)CC1. The molecule has 0 bridgehead atoms. The van der Waals surface area contributed by atoms with Crippen LogP contribution in [-0.2, 0) is 9.53 Å². The van der Waals surface area contributed by atoms with Crippen LogP contribution in [0.3, 0.4) is 0 Å². The number of hydrogen-bond acceptors (Lipinski definition) is 2. The normalized spacial score (nSPS) is 30.1. The van der Waals surface area contributed by atoms with E-state index >= 15 is 0 Å². The zero-order valence-electron chi connectivity index (χ0n) is 11.6. The molecular weight excluding hydrogens is 226 g/mol. The van der Waals surface area contributed by atoms with Crippen molar-refractivity contribution in [3.05, 3.63) is 0 Å². The van der Waals surface area contributed by atoms with Crippen LogP contribution in [0.25, 0.3) is 0 Å². The van der Waals surface area contributed by atoms with Gasteiger partial charge in [0.2, 0.25) is 5.91 Å². The van der Waals surface area contributed by atoms with E-state index in [2.05, 4.69) is 5.32 Å². The second-order valence-electron chi connectivity index (χ2n) is 5.99. The molecule has 3 nitrogen and oxygen atoms in total. The van der Waals surface area contributed by atoms with E-state index in [0.717, 1.165) is 32.1 Å². The summed E-state index contributed by atoms with van der Waals surface area (Å²) in [6, 6.07) is 0.460. The van der Waals surface area contributed by atoms with E-state index in [1.54, 1.807) is 7.11 Å². The molecule has 1 N–H and O–H groups in total. The summed E-state index contributed by atoms with van der Waals surface area (Å²) >= 11 is 0. The number of hydrogen-bond donors (Lipinski definition) is 1. The molecule has 0 saturated heterocycles. The van der Waals surface area contributed by atoms with E-state index in [1.807, 2.05) is 0 Å². The predicted molar refractivity (Wildman–Crippen MR) is 72.4 cm³/mol. The highest BCUT2D eigenvalue weighted by Gasteiger charge is 2.24. The third-order valence-electron chi connectivity index (χ3n) is 4.57. The van der Waals surface area contributed by atoms with E-state index in [9.17, 15) is 4.79 Å². The second kappa shape index (κ2) is 7.13. The number of methoxy groups -OCH3 is 1. The van der Waals surface area contributed by atoms with Gasteiger partial charge in [-0.25, -0.2) is 0 Å². The molecule has 0 aromatic rings. The number of carbonyl (C=O) groups is 1. The number of nitrogens with one attached hydrogen (secondary N) is 1. The number of rotatable bonds is 4. The van der Waals surface area contributed by atoms with Crippen molar-refractivity contribution in [3.8, 4) is 0 Å². The lowest BCUT2D eigenvalue weighted by Gasteiger charge is -2.28. The fraction of sp³-hybridized carbons (Fsp3) is 0.933. The first-order valence-corrected chi connectivity index (χ1v) is 7.60. The molecule has 0 aliphatic heterocycles. The van der Waals surface area contributed by atoms with Crippen LogP contribution in [0.4, 0.5) is 0 Å². The van der Waals surface area contributed by atoms with Gasteiger partial charge < -0.3 is 10.1 Å². The summed E-state index contributed by atoms with van der Waals surface area (Å²) in [6.07, 6.45) is 12.0. The summed E-state index contributed by atoms with van der Waals surface area (Å²) in [5, 5.41) is 3.22. The van der Waals surface area contributed by atoms with Gasteiger partial charge in [0.1, 0.15) is 0 Å². The first-order chi connectivity index (χ1) is 8.78. The van der Waals surface area contributed by atoms with Crippen molar-refractivity contribution in [1.29, 1.82) is 0 Å². The van der Waals surface area contributed by atoms with Crippen LogP contribution >= 0.6 is 0 Å². The van der Waals surface area contributed by atoms with Gasteiger partial charge in [0.25, 0.3) is 0 Å². The van der Waals surface area contributed by atoms with Gasteiger partial charge in [-0.15, -0.1) is 0 Å². The average molecular weight is 253 g/mol. The van der Waals surface area contributed by atoms with Gasteiger partial charge in [0.15, 0.2) is 0 Å². The summed E-state index contributed by atoms with van der Waals surface area (Å²) < 4.78 is 5.37. The summed E-state index contributed by atoms with van der Waals surface area (Å²) in [7, 11) is 1.79. The summed E-state index contributed by atoms with van der Waals surface area (Å²) in [5.41, 5.74) is 0. The molecule has 3 heteroatoms. The Kier molecular flexibility index (Phi) is 5.48. The standard InChI is InChI=1S/C15H27NO2/c1-18-14-9-7-12(8-10-14)11-15(17)16-13-5-3-2-4-6-13/h12-14H,2-11H2,1H3,(H,16,17). The van der Waals surface area contributed by atoms with Gasteiger partial charge in [0.05, 0.1) is 6.10 Å². The molecule has 2 fully saturated rings. The van der Waals surface area contributed by atoms with Gasteiger partial charge in [-0.1, -0.05) is 19.3 Å². The van der Waals surface area contributed by atoms with Crippen molar-refractivity contribution < 1.29 is 9.53 Å². The Hall–Kier alpha value is -0.570. The molecule has 2 rings (SSSR count). The van der Waals surface area contributed by atoms with E-state index in [-0.39, 0.29) is 5.91 Å². The Labute approximate surface area is 111 Å². The molecule has 0 unspecified atom stereocenters. The summed E-state index contributed by atoms with van der Waals surface area (Å²) in [6.45, 7) is 0. The Morgan fingerprint density at radius 3 is 2.33 bits per heavy atom. The molecule has 0 aromatic heterocycles. The first kappa shape index (κ1) is 13.9. The van der Waals surface area contributed by atoms with Crippen LogP contribution in [0, 0.1) is 5.92 Å². The van der Waals surface area contributed by atoms with Crippen molar-refractivity contribution in [3.63, 3.8) is 0 Å². The monoisotopic (exact) mass is 253 g/mol. The highest BCUT2D eigenvalue weighted by atomic mass is 16.5. The summed E-state index contributed by atoms with van der Waals surface area (Å²) in [5.74, 6) is 0.864. The van der Waals surface area contributed by atoms with Crippen molar-refractivity contribution in [2.24, 2.45) is 5.92 Å². The number of ether oxygens (including phenoxy) is 1. The van der Waals surface area contributed by atoms with Gasteiger partial charge in [-0.3, -0.25) is 4.79 Å². The summed E-state index contributed by atoms with van der Waals surface area (Å²) in [4.78, 5) is 12.0. The molecule has 0 heterocycles. The van der Waals surface area contributed by atoms with Gasteiger partial charge in [-0.05, 0) is 44.4 Å². The quantitative estimate of drug-likeness (QED) is 0.836. The lowest BCUT2D eigenvalue weighted by atomic mass is 9.85. The van der Waals surface area contributed by atoms with Crippen molar-refractivity contribution >= 4 is 5.91 Å². The third kappa shape index (κ3) is 4.27. The zero-order chi connectivity index (χ0) is 12.8. The van der Waals surface area contributed by atoms with E-state index in [0.29, 0.717) is 18.1 Å². The van der Waals surface area contributed by atoms with Crippen LogP contribution in [0.15, 0.2) is 0 Å². The van der Waals surface area contributed by atoms with Crippen molar-refractivity contribution in [2.45, 2.75) is 76.4 Å². The Morgan fingerprint density at radius 2 is 1.72 bits per heavy atom. The Balaban J connectivity index is 1.65. The van der Waals surface area contributed by atoms with Crippen molar-refractivity contribution in [1.82, 2.24) is 5.32 Å². The van der Waals surface area contributed by atoms with E-state index in [4.69, 9.17) is 4.74 Å². The second-order valence-corrected chi connectivity index (χ2v) is 5.99. The number of carbonyl (C=O) groups excluding carboxylic acids is 1. The zero-order valence-corrected chi connectivity index (χ0v) is 11.6. The molecule has 0 aromatic carbocycles. The molecular formula is C15H27NO2. The van der Waals surface area contributed by atoms with Crippen LogP contribution in [0.1, 0.15) is 64.2 Å². The fourth-order valence-electron chi connectivity index (χ4n) is 3.37. The molecule has 2 saturated carbocycles. The van der Waals surface area contributed by atoms with E-state index in [1.165, 1.54) is 32.1 Å². The van der Waals surface area contributed by atoms with Gasteiger partial charge in [-0.2, -0.15) is 0 Å². The minimum Gasteiger partial charge on any atom is -0.381 e. The maximum absolute atomic E-state index is 12.0. The minimum absolute atomic E-state index is 0.280. The minimum atomic E-state index is 0.280. The van der Waals surface area contributed by atoms with Crippen LogP contribution in [0.2, 0.25) is 0 Å². The Bertz CT molecular complexity index is 253. The average Bonchev–Trinajstić information content (AvgIpc) is 2.40. The fourth-order valence-corrected chi connectivity index (χ4v) is 3.37. The maximum Gasteiger partial charge on any atom is 0.220 e. The first-order valence-electron chi connectivity index (χ1n) is 7.60. The molecule has 1 amide bonds. The highest BCUT2D eigenvalue weighted by molar-refractivity contribution is 5.76. The molecule has 18 heavy (non-hydrogen) atoms. The van der Waals surface area contributed by atoms with Crippen molar-refractivity contribution in [2.75, 3.05) is 7.11 Å². The molecule has 104 valence electrons. The lowest BCUT2D eigenvalue weighted by Crippen LogP contribution is -2.37. The maximum atomic E-state index is 12.0. The lowest BCUT2D eigenvalue weighted by molar-refractivity contribution is -0.123. The largest absolute Gasteiger partial charge is 0.381 e. The molecule has 2 aliphatic rings. The predicted octanol–water partition coefficient (Wildman–Crippen LogP) is 3.03. The van der Waals surface area contributed by atoms with Crippen LogP contribution in [0.5, 0.6) is 0 Å². The molecule has 0 radical (unpaired) electrons. The van der Waals surface area contributed by atoms with Gasteiger partial charge >= 0.3 is 0 Å². The third-order valence-corrected chi connectivity index (χ3v) is 4.57. The molecule has 0 spiro atoms. The van der Waals surface area contributed by atoms with Gasteiger partial charge in [0, 0.05) is 19.6 Å². The Morgan fingerprint density at radius 1 is 1.06 bits per heavy atom. The van der Waals surface area contributed by atoms with Crippen LogP contribution in [-0.4, -0.2) is 25.2 Å². The molecule has 2 aliphatic carbocycles. The topological polar surface area (TPSA) is 38.3 Å². The molecule has 0 atom stereocenters.